The van der Waals surface area contributed by atoms with Crippen LogP contribution in [0.3, 0.4) is 0 Å². The Morgan fingerprint density at radius 2 is 2.12 bits per heavy atom. The summed E-state index contributed by atoms with van der Waals surface area (Å²) in [5.74, 6) is 0.552. The van der Waals surface area contributed by atoms with E-state index in [4.69, 9.17) is 16.3 Å². The Kier molecular flexibility index (Phi) is 5.72. The number of nitrogens with zero attached hydrogens (tertiary/aromatic N) is 1. The highest BCUT2D eigenvalue weighted by Gasteiger charge is 2.14. The van der Waals surface area contributed by atoms with Gasteiger partial charge in [-0.3, -0.25) is 4.90 Å². The van der Waals surface area contributed by atoms with Crippen LogP contribution in [0.5, 0.6) is 5.75 Å². The summed E-state index contributed by atoms with van der Waals surface area (Å²) < 4.78 is 18.9. The molecule has 96 valence electrons. The molecule has 0 aliphatic rings. The second kappa shape index (κ2) is 6.82. The Labute approximate surface area is 107 Å². The molecule has 0 saturated carbocycles. The lowest BCUT2D eigenvalue weighted by Crippen LogP contribution is -2.32. The summed E-state index contributed by atoms with van der Waals surface area (Å²) in [6, 6.07) is 5.54. The van der Waals surface area contributed by atoms with E-state index in [9.17, 15) is 4.39 Å². The Bertz CT molecular complexity index is 357. The van der Waals surface area contributed by atoms with Crippen molar-refractivity contribution >= 4 is 11.6 Å². The Hall–Kier alpha value is -0.800. The molecule has 0 bridgehead atoms. The van der Waals surface area contributed by atoms with E-state index >= 15 is 0 Å². The molecule has 0 aliphatic heterocycles. The van der Waals surface area contributed by atoms with E-state index in [1.807, 2.05) is 0 Å². The van der Waals surface area contributed by atoms with Gasteiger partial charge in [-0.1, -0.05) is 12.1 Å². The van der Waals surface area contributed by atoms with Crippen LogP contribution in [0.25, 0.3) is 0 Å². The number of methoxy groups -OCH3 is 1. The number of halogens is 2. The zero-order chi connectivity index (χ0) is 12.8. The molecule has 17 heavy (non-hydrogen) atoms. The fourth-order valence-corrected chi connectivity index (χ4v) is 1.90. The number of alkyl halides is 1. The van der Waals surface area contributed by atoms with Crippen molar-refractivity contribution in [2.45, 2.75) is 26.4 Å². The van der Waals surface area contributed by atoms with Gasteiger partial charge in [-0.15, -0.1) is 11.6 Å². The van der Waals surface area contributed by atoms with Crippen LogP contribution in [0.1, 0.15) is 19.4 Å². The summed E-state index contributed by atoms with van der Waals surface area (Å²) in [7, 11) is 1.47. The lowest BCUT2D eigenvalue weighted by molar-refractivity contribution is 0.222. The van der Waals surface area contributed by atoms with Crippen LogP contribution in [0.15, 0.2) is 18.2 Å². The standard InChI is InChI=1S/C13H19ClFNO/c1-10(2)16(8-7-14)9-11-5-4-6-12(17-3)13(11)15/h4-6,10H,7-9H2,1-3H3. The van der Waals surface area contributed by atoms with Gasteiger partial charge in [0, 0.05) is 30.6 Å². The normalized spacial score (nSPS) is 11.2. The van der Waals surface area contributed by atoms with Crippen LogP contribution in [0.2, 0.25) is 0 Å². The Morgan fingerprint density at radius 3 is 2.65 bits per heavy atom. The summed E-state index contributed by atoms with van der Waals surface area (Å²) in [4.78, 5) is 2.13. The third kappa shape index (κ3) is 3.86. The fraction of sp³-hybridized carbons (Fsp3) is 0.538. The molecule has 0 spiro atoms. The van der Waals surface area contributed by atoms with Crippen molar-refractivity contribution in [3.63, 3.8) is 0 Å². The van der Waals surface area contributed by atoms with E-state index in [1.54, 1.807) is 18.2 Å². The fourth-order valence-electron chi connectivity index (χ4n) is 1.68. The van der Waals surface area contributed by atoms with Gasteiger partial charge in [0.25, 0.3) is 0 Å². The van der Waals surface area contributed by atoms with Crippen molar-refractivity contribution < 1.29 is 9.13 Å². The monoisotopic (exact) mass is 259 g/mol. The lowest BCUT2D eigenvalue weighted by atomic mass is 10.1. The first kappa shape index (κ1) is 14.3. The smallest absolute Gasteiger partial charge is 0.169 e. The van der Waals surface area contributed by atoms with Gasteiger partial charge < -0.3 is 4.74 Å². The molecule has 0 unspecified atom stereocenters. The Morgan fingerprint density at radius 1 is 1.41 bits per heavy atom. The summed E-state index contributed by atoms with van der Waals surface area (Å²) in [6.07, 6.45) is 0. The molecule has 0 aliphatic carbocycles. The first-order valence-corrected chi connectivity index (χ1v) is 6.25. The molecule has 0 amide bonds. The van der Waals surface area contributed by atoms with E-state index in [2.05, 4.69) is 18.7 Å². The number of hydrogen-bond donors (Lipinski definition) is 0. The summed E-state index contributed by atoms with van der Waals surface area (Å²) >= 11 is 5.74. The molecule has 1 rings (SSSR count). The predicted molar refractivity (Wildman–Crippen MR) is 69.2 cm³/mol. The first-order valence-electron chi connectivity index (χ1n) is 5.71. The van der Waals surface area contributed by atoms with Crippen molar-refractivity contribution in [3.8, 4) is 5.75 Å². The molecule has 0 radical (unpaired) electrons. The number of hydrogen-bond acceptors (Lipinski definition) is 2. The van der Waals surface area contributed by atoms with E-state index in [1.165, 1.54) is 7.11 Å². The topological polar surface area (TPSA) is 12.5 Å². The largest absolute Gasteiger partial charge is 0.494 e. The predicted octanol–water partition coefficient (Wildman–Crippen LogP) is 3.28. The van der Waals surface area contributed by atoms with Crippen molar-refractivity contribution in [3.05, 3.63) is 29.6 Å². The highest BCUT2D eigenvalue weighted by Crippen LogP contribution is 2.21. The highest BCUT2D eigenvalue weighted by molar-refractivity contribution is 6.18. The van der Waals surface area contributed by atoms with Crippen LogP contribution in [-0.4, -0.2) is 30.5 Å². The van der Waals surface area contributed by atoms with Gasteiger partial charge in [-0.05, 0) is 19.9 Å². The number of benzene rings is 1. The zero-order valence-corrected chi connectivity index (χ0v) is 11.3. The van der Waals surface area contributed by atoms with Crippen LogP contribution in [-0.2, 0) is 6.54 Å². The maximum absolute atomic E-state index is 14.0. The second-order valence-electron chi connectivity index (χ2n) is 4.19. The minimum Gasteiger partial charge on any atom is -0.494 e. The van der Waals surface area contributed by atoms with Crippen LogP contribution in [0, 0.1) is 5.82 Å². The quantitative estimate of drug-likeness (QED) is 0.727. The van der Waals surface area contributed by atoms with E-state index in [0.717, 1.165) is 6.54 Å². The molecular formula is C13H19ClFNO. The third-order valence-electron chi connectivity index (χ3n) is 2.74. The van der Waals surface area contributed by atoms with Crippen LogP contribution < -0.4 is 4.74 Å². The van der Waals surface area contributed by atoms with Gasteiger partial charge in [-0.2, -0.15) is 0 Å². The summed E-state index contributed by atoms with van der Waals surface area (Å²) in [6.45, 7) is 5.44. The van der Waals surface area contributed by atoms with Crippen molar-refractivity contribution in [2.75, 3.05) is 19.5 Å². The van der Waals surface area contributed by atoms with Crippen molar-refractivity contribution in [1.29, 1.82) is 0 Å². The third-order valence-corrected chi connectivity index (χ3v) is 2.91. The van der Waals surface area contributed by atoms with Gasteiger partial charge in [0.05, 0.1) is 7.11 Å². The van der Waals surface area contributed by atoms with Crippen molar-refractivity contribution in [1.82, 2.24) is 4.90 Å². The van der Waals surface area contributed by atoms with Crippen LogP contribution in [0.4, 0.5) is 4.39 Å². The zero-order valence-electron chi connectivity index (χ0n) is 10.5. The Balaban J connectivity index is 2.85. The molecule has 0 N–H and O–H groups in total. The molecule has 2 nitrogen and oxygen atoms in total. The van der Waals surface area contributed by atoms with Gasteiger partial charge in [0.1, 0.15) is 0 Å². The number of rotatable bonds is 6. The molecule has 0 fully saturated rings. The minimum atomic E-state index is -0.282. The lowest BCUT2D eigenvalue weighted by Gasteiger charge is -2.25. The average molecular weight is 260 g/mol. The molecule has 0 heterocycles. The van der Waals surface area contributed by atoms with Gasteiger partial charge >= 0.3 is 0 Å². The molecule has 1 aromatic rings. The molecule has 1 aromatic carbocycles. The SMILES string of the molecule is COc1cccc(CN(CCCl)C(C)C)c1F. The molecule has 0 aromatic heterocycles. The van der Waals surface area contributed by atoms with Gasteiger partial charge in [0.2, 0.25) is 0 Å². The minimum absolute atomic E-state index is 0.282. The second-order valence-corrected chi connectivity index (χ2v) is 4.56. The van der Waals surface area contributed by atoms with E-state index in [-0.39, 0.29) is 11.6 Å². The number of ether oxygens (including phenoxy) is 1. The summed E-state index contributed by atoms with van der Waals surface area (Å²) in [5, 5.41) is 0. The van der Waals surface area contributed by atoms with Crippen LogP contribution >= 0.6 is 11.6 Å². The van der Waals surface area contributed by atoms with E-state index < -0.39 is 0 Å². The highest BCUT2D eigenvalue weighted by atomic mass is 35.5. The first-order chi connectivity index (χ1) is 8.10. The molecule has 0 saturated heterocycles. The maximum Gasteiger partial charge on any atom is 0.169 e. The molecular weight excluding hydrogens is 241 g/mol. The molecule has 4 heteroatoms. The van der Waals surface area contributed by atoms with Gasteiger partial charge in [0.15, 0.2) is 11.6 Å². The maximum atomic E-state index is 14.0. The van der Waals surface area contributed by atoms with Crippen molar-refractivity contribution in [2.24, 2.45) is 0 Å². The van der Waals surface area contributed by atoms with Gasteiger partial charge in [-0.25, -0.2) is 4.39 Å². The average Bonchev–Trinajstić information content (AvgIpc) is 2.30. The van der Waals surface area contributed by atoms with E-state index in [0.29, 0.717) is 24.0 Å². The molecule has 0 atom stereocenters. The summed E-state index contributed by atoms with van der Waals surface area (Å²) in [5.41, 5.74) is 0.642.